The van der Waals surface area contributed by atoms with Crippen molar-refractivity contribution in [3.63, 3.8) is 0 Å². The number of carbonyl (C=O) groups is 1. The molecule has 0 bridgehead atoms. The van der Waals surface area contributed by atoms with Gasteiger partial charge < -0.3 is 4.57 Å². The minimum absolute atomic E-state index is 0.130. The number of aryl methyl sites for hydroxylation is 1. The highest BCUT2D eigenvalue weighted by atomic mass is 19.1. The van der Waals surface area contributed by atoms with Gasteiger partial charge in [0.1, 0.15) is 11.9 Å². The van der Waals surface area contributed by atoms with E-state index in [9.17, 15) is 14.4 Å². The Balaban J connectivity index is 1.61. The van der Waals surface area contributed by atoms with Crippen LogP contribution in [0.15, 0.2) is 61.1 Å². The van der Waals surface area contributed by atoms with Gasteiger partial charge in [0, 0.05) is 17.8 Å². The SMILES string of the molecule is N#Cc1cccc(C2C(=O)C(CCc3ccc(F)cc3)Cc3cncn32)c1. The second-order valence-corrected chi connectivity index (χ2v) is 6.90. The Hall–Kier alpha value is -3.26. The van der Waals surface area contributed by atoms with E-state index < -0.39 is 6.04 Å². The number of imidazole rings is 1. The molecule has 0 saturated heterocycles. The molecule has 3 aromatic rings. The van der Waals surface area contributed by atoms with E-state index in [1.165, 1.54) is 12.1 Å². The molecule has 4 nitrogen and oxygen atoms in total. The molecule has 2 unspecified atom stereocenters. The molecule has 0 radical (unpaired) electrons. The summed E-state index contributed by atoms with van der Waals surface area (Å²) in [7, 11) is 0. The Kier molecular flexibility index (Phi) is 4.55. The Labute approximate surface area is 156 Å². The monoisotopic (exact) mass is 359 g/mol. The van der Waals surface area contributed by atoms with Crippen molar-refractivity contribution in [3.05, 3.63) is 89.3 Å². The Bertz CT molecular complexity index is 1020. The number of carbonyl (C=O) groups excluding carboxylic acids is 1. The third-order valence-electron chi connectivity index (χ3n) is 5.18. The number of nitriles is 1. The van der Waals surface area contributed by atoms with Crippen LogP contribution in [0.5, 0.6) is 0 Å². The van der Waals surface area contributed by atoms with E-state index in [2.05, 4.69) is 11.1 Å². The highest BCUT2D eigenvalue weighted by Gasteiger charge is 2.35. The molecule has 0 saturated carbocycles. The number of fused-ring (bicyclic) bond motifs is 1. The zero-order chi connectivity index (χ0) is 18.8. The van der Waals surface area contributed by atoms with Crippen LogP contribution in [0.2, 0.25) is 0 Å². The van der Waals surface area contributed by atoms with Crippen LogP contribution < -0.4 is 0 Å². The predicted octanol–water partition coefficient (Wildman–Crippen LogP) is 3.86. The van der Waals surface area contributed by atoms with Gasteiger partial charge in [-0.15, -0.1) is 0 Å². The fraction of sp³-hybridized carbons (Fsp3) is 0.227. The zero-order valence-electron chi connectivity index (χ0n) is 14.7. The summed E-state index contributed by atoms with van der Waals surface area (Å²) in [6.07, 6.45) is 5.56. The van der Waals surface area contributed by atoms with Crippen molar-refractivity contribution in [3.8, 4) is 6.07 Å². The van der Waals surface area contributed by atoms with Crippen LogP contribution in [-0.4, -0.2) is 15.3 Å². The molecule has 4 rings (SSSR count). The van der Waals surface area contributed by atoms with E-state index in [-0.39, 0.29) is 17.5 Å². The molecule has 0 N–H and O–H groups in total. The second kappa shape index (κ2) is 7.16. The van der Waals surface area contributed by atoms with Crippen LogP contribution in [-0.2, 0) is 17.6 Å². The van der Waals surface area contributed by atoms with Crippen LogP contribution in [0.1, 0.15) is 34.8 Å². The first-order valence-corrected chi connectivity index (χ1v) is 8.94. The molecule has 1 aliphatic heterocycles. The van der Waals surface area contributed by atoms with Gasteiger partial charge in [0.15, 0.2) is 5.78 Å². The van der Waals surface area contributed by atoms with Crippen LogP contribution >= 0.6 is 0 Å². The molecule has 5 heteroatoms. The van der Waals surface area contributed by atoms with E-state index in [1.807, 2.05) is 10.6 Å². The molecule has 2 heterocycles. The average Bonchev–Trinajstić information content (AvgIpc) is 3.15. The molecule has 2 atom stereocenters. The number of hydrogen-bond acceptors (Lipinski definition) is 3. The van der Waals surface area contributed by atoms with Crippen molar-refractivity contribution in [2.24, 2.45) is 5.92 Å². The lowest BCUT2D eigenvalue weighted by Gasteiger charge is -2.30. The molecule has 1 aromatic heterocycles. The highest BCUT2D eigenvalue weighted by Crippen LogP contribution is 2.33. The lowest BCUT2D eigenvalue weighted by molar-refractivity contribution is -0.126. The lowest BCUT2D eigenvalue weighted by Crippen LogP contribution is -2.35. The fourth-order valence-electron chi connectivity index (χ4n) is 3.78. The van der Waals surface area contributed by atoms with E-state index in [1.54, 1.807) is 42.9 Å². The van der Waals surface area contributed by atoms with E-state index in [4.69, 9.17) is 0 Å². The first-order valence-electron chi connectivity index (χ1n) is 8.94. The third-order valence-corrected chi connectivity index (χ3v) is 5.18. The number of hydrogen-bond donors (Lipinski definition) is 0. The smallest absolute Gasteiger partial charge is 0.163 e. The Morgan fingerprint density at radius 1 is 1.22 bits per heavy atom. The molecular weight excluding hydrogens is 341 g/mol. The Morgan fingerprint density at radius 2 is 2.04 bits per heavy atom. The summed E-state index contributed by atoms with van der Waals surface area (Å²) in [6, 6.07) is 15.3. The van der Waals surface area contributed by atoms with Gasteiger partial charge in [0.25, 0.3) is 0 Å². The molecular formula is C22H18FN3O. The largest absolute Gasteiger partial charge is 0.320 e. The number of ketones is 1. The Morgan fingerprint density at radius 3 is 2.81 bits per heavy atom. The summed E-state index contributed by atoms with van der Waals surface area (Å²) in [4.78, 5) is 17.5. The first kappa shape index (κ1) is 17.2. The third kappa shape index (κ3) is 3.39. The van der Waals surface area contributed by atoms with Gasteiger partial charge in [-0.2, -0.15) is 5.26 Å². The van der Waals surface area contributed by atoms with Crippen LogP contribution in [0.25, 0.3) is 0 Å². The van der Waals surface area contributed by atoms with E-state index >= 15 is 0 Å². The normalized spacial score (nSPS) is 18.7. The van der Waals surface area contributed by atoms with E-state index in [0.29, 0.717) is 18.4 Å². The summed E-state index contributed by atoms with van der Waals surface area (Å²) in [5, 5.41) is 9.18. The zero-order valence-corrected chi connectivity index (χ0v) is 14.7. The summed E-state index contributed by atoms with van der Waals surface area (Å²) in [5.74, 6) is -0.249. The predicted molar refractivity (Wildman–Crippen MR) is 98.4 cm³/mol. The lowest BCUT2D eigenvalue weighted by atomic mass is 9.82. The summed E-state index contributed by atoms with van der Waals surface area (Å²) in [5.41, 5.74) is 3.39. The minimum atomic E-state index is -0.456. The maximum absolute atomic E-state index is 13.3. The molecule has 27 heavy (non-hydrogen) atoms. The topological polar surface area (TPSA) is 58.7 Å². The van der Waals surface area contributed by atoms with Crippen LogP contribution in [0.3, 0.4) is 0 Å². The number of halogens is 1. The number of nitrogens with zero attached hydrogens (tertiary/aromatic N) is 3. The molecule has 0 fully saturated rings. The van der Waals surface area contributed by atoms with Gasteiger partial charge in [-0.25, -0.2) is 9.37 Å². The van der Waals surface area contributed by atoms with Gasteiger partial charge in [-0.3, -0.25) is 4.79 Å². The van der Waals surface area contributed by atoms with E-state index in [0.717, 1.165) is 23.2 Å². The van der Waals surface area contributed by atoms with Gasteiger partial charge in [-0.1, -0.05) is 24.3 Å². The van der Waals surface area contributed by atoms with Crippen molar-refractivity contribution in [1.29, 1.82) is 5.26 Å². The van der Waals surface area contributed by atoms with Crippen molar-refractivity contribution in [2.75, 3.05) is 0 Å². The van der Waals surface area contributed by atoms with Gasteiger partial charge in [0.2, 0.25) is 0 Å². The quantitative estimate of drug-likeness (QED) is 0.711. The van der Waals surface area contributed by atoms with Crippen molar-refractivity contribution >= 4 is 5.78 Å². The van der Waals surface area contributed by atoms with Crippen LogP contribution in [0, 0.1) is 23.1 Å². The summed E-state index contributed by atoms with van der Waals surface area (Å²) in [6.45, 7) is 0. The molecule has 2 aromatic carbocycles. The maximum atomic E-state index is 13.3. The summed E-state index contributed by atoms with van der Waals surface area (Å²) >= 11 is 0. The number of Topliss-reactive ketones (excluding diaryl/α,β-unsaturated/α-hetero) is 1. The van der Waals surface area contributed by atoms with Crippen LogP contribution in [0.4, 0.5) is 4.39 Å². The second-order valence-electron chi connectivity index (χ2n) is 6.90. The summed E-state index contributed by atoms with van der Waals surface area (Å²) < 4.78 is 15.0. The van der Waals surface area contributed by atoms with Crippen molar-refractivity contribution in [1.82, 2.24) is 9.55 Å². The highest BCUT2D eigenvalue weighted by molar-refractivity contribution is 5.89. The van der Waals surface area contributed by atoms with Crippen molar-refractivity contribution < 1.29 is 9.18 Å². The molecule has 1 aliphatic rings. The molecule has 0 aliphatic carbocycles. The number of benzene rings is 2. The molecule has 0 spiro atoms. The van der Waals surface area contributed by atoms with Gasteiger partial charge in [-0.05, 0) is 54.7 Å². The van der Waals surface area contributed by atoms with Crippen molar-refractivity contribution in [2.45, 2.75) is 25.3 Å². The number of rotatable bonds is 4. The average molecular weight is 359 g/mol. The fourth-order valence-corrected chi connectivity index (χ4v) is 3.78. The maximum Gasteiger partial charge on any atom is 0.163 e. The first-order chi connectivity index (χ1) is 13.2. The standard InChI is InChI=1S/C22H18FN3O/c23-19-8-5-15(6-9-19)4-7-18-11-20-13-25-14-26(20)21(22(18)27)17-3-1-2-16(10-17)12-24/h1-3,5-6,8-10,13-14,18,21H,4,7,11H2. The van der Waals surface area contributed by atoms with Gasteiger partial charge in [0.05, 0.1) is 18.0 Å². The number of aromatic nitrogens is 2. The minimum Gasteiger partial charge on any atom is -0.320 e. The molecule has 0 amide bonds. The van der Waals surface area contributed by atoms with Gasteiger partial charge >= 0.3 is 0 Å². The molecule has 134 valence electrons.